The maximum atomic E-state index is 9.49. The molecule has 0 spiro atoms. The van der Waals surface area contributed by atoms with E-state index in [0.717, 1.165) is 25.7 Å². The van der Waals surface area contributed by atoms with Gasteiger partial charge in [0.15, 0.2) is 0 Å². The lowest BCUT2D eigenvalue weighted by atomic mass is 9.80. The molecule has 0 saturated heterocycles. The van der Waals surface area contributed by atoms with Gasteiger partial charge in [-0.2, -0.15) is 0 Å². The Bertz CT molecular complexity index is 188. The zero-order valence-corrected chi connectivity index (χ0v) is 14.0. The van der Waals surface area contributed by atoms with E-state index < -0.39 is 0 Å². The highest BCUT2D eigenvalue weighted by Crippen LogP contribution is 2.29. The van der Waals surface area contributed by atoms with Crippen molar-refractivity contribution in [2.24, 2.45) is 5.41 Å². The van der Waals surface area contributed by atoms with E-state index in [2.05, 4.69) is 13.8 Å². The summed E-state index contributed by atoms with van der Waals surface area (Å²) in [6.45, 7) is 4.65. The van der Waals surface area contributed by atoms with Crippen molar-refractivity contribution in [3.63, 3.8) is 0 Å². The Hall–Kier alpha value is -0.0800. The fourth-order valence-corrected chi connectivity index (χ4v) is 3.01. The van der Waals surface area contributed by atoms with Gasteiger partial charge in [-0.3, -0.25) is 0 Å². The largest absolute Gasteiger partial charge is 0.396 e. The summed E-state index contributed by atoms with van der Waals surface area (Å²) >= 11 is 0. The van der Waals surface area contributed by atoms with E-state index in [1.165, 1.54) is 57.8 Å². The number of aliphatic hydroxyl groups excluding tert-OH is 2. The monoisotopic (exact) mass is 286 g/mol. The van der Waals surface area contributed by atoms with Gasteiger partial charge in [0.25, 0.3) is 0 Å². The molecule has 0 aromatic carbocycles. The Kier molecular flexibility index (Phi) is 13.8. The standard InChI is InChI=1S/C18H38O2/c1-3-5-6-7-8-9-10-11-12-13-15-18(16-19,17-20)14-4-2/h19-20H,3-17H2,1-2H3. The first-order valence-corrected chi connectivity index (χ1v) is 8.96. The summed E-state index contributed by atoms with van der Waals surface area (Å²) in [4.78, 5) is 0. The minimum absolute atomic E-state index is 0.134. The molecular formula is C18H38O2. The minimum Gasteiger partial charge on any atom is -0.396 e. The first kappa shape index (κ1) is 19.9. The number of aliphatic hydroxyl groups is 2. The second kappa shape index (κ2) is 13.9. The number of hydrogen-bond acceptors (Lipinski definition) is 2. The van der Waals surface area contributed by atoms with Crippen LogP contribution in [0, 0.1) is 5.41 Å². The van der Waals surface area contributed by atoms with E-state index in [-0.39, 0.29) is 18.6 Å². The molecule has 0 aromatic rings. The van der Waals surface area contributed by atoms with Crippen LogP contribution in [0.2, 0.25) is 0 Å². The maximum Gasteiger partial charge on any atom is 0.0509 e. The van der Waals surface area contributed by atoms with Gasteiger partial charge in [-0.25, -0.2) is 0 Å². The van der Waals surface area contributed by atoms with Gasteiger partial charge in [-0.15, -0.1) is 0 Å². The average Bonchev–Trinajstić information content (AvgIpc) is 2.48. The zero-order valence-electron chi connectivity index (χ0n) is 14.0. The summed E-state index contributed by atoms with van der Waals surface area (Å²) in [6.07, 6.45) is 16.3. The van der Waals surface area contributed by atoms with Crippen LogP contribution in [0.25, 0.3) is 0 Å². The molecule has 0 aromatic heterocycles. The molecule has 2 nitrogen and oxygen atoms in total. The third-order valence-corrected chi connectivity index (χ3v) is 4.51. The zero-order chi connectivity index (χ0) is 15.1. The summed E-state index contributed by atoms with van der Waals surface area (Å²) in [5, 5.41) is 19.0. The molecule has 122 valence electrons. The van der Waals surface area contributed by atoms with E-state index in [1.54, 1.807) is 0 Å². The summed E-state index contributed by atoms with van der Waals surface area (Å²) in [5.41, 5.74) is -0.213. The van der Waals surface area contributed by atoms with E-state index in [9.17, 15) is 10.2 Å². The SMILES string of the molecule is CCCCCCCCCCCCC(CO)(CO)CCC. The number of rotatable bonds is 15. The van der Waals surface area contributed by atoms with Gasteiger partial charge >= 0.3 is 0 Å². The van der Waals surface area contributed by atoms with E-state index in [1.807, 2.05) is 0 Å². The van der Waals surface area contributed by atoms with Crippen molar-refractivity contribution >= 4 is 0 Å². The predicted molar refractivity (Wildman–Crippen MR) is 88.0 cm³/mol. The van der Waals surface area contributed by atoms with Crippen LogP contribution in [0.15, 0.2) is 0 Å². The molecular weight excluding hydrogens is 248 g/mol. The van der Waals surface area contributed by atoms with Crippen LogP contribution >= 0.6 is 0 Å². The van der Waals surface area contributed by atoms with Crippen LogP contribution in [0.3, 0.4) is 0 Å². The van der Waals surface area contributed by atoms with Gasteiger partial charge in [-0.05, 0) is 12.8 Å². The van der Waals surface area contributed by atoms with Gasteiger partial charge in [0, 0.05) is 5.41 Å². The topological polar surface area (TPSA) is 40.5 Å². The predicted octanol–water partition coefficient (Wildman–Crippen LogP) is 5.07. The molecule has 2 N–H and O–H groups in total. The molecule has 0 amide bonds. The molecule has 0 aliphatic carbocycles. The van der Waals surface area contributed by atoms with Crippen LogP contribution in [-0.2, 0) is 0 Å². The summed E-state index contributed by atoms with van der Waals surface area (Å²) in [5.74, 6) is 0. The lowest BCUT2D eigenvalue weighted by Gasteiger charge is -2.29. The molecule has 0 bridgehead atoms. The van der Waals surface area contributed by atoms with Crippen molar-refractivity contribution in [3.8, 4) is 0 Å². The lowest BCUT2D eigenvalue weighted by molar-refractivity contribution is 0.0369. The van der Waals surface area contributed by atoms with Crippen molar-refractivity contribution in [1.29, 1.82) is 0 Å². The quantitative estimate of drug-likeness (QED) is 0.413. The van der Waals surface area contributed by atoms with Crippen molar-refractivity contribution < 1.29 is 10.2 Å². The molecule has 0 saturated carbocycles. The minimum atomic E-state index is -0.213. The fourth-order valence-electron chi connectivity index (χ4n) is 3.01. The van der Waals surface area contributed by atoms with E-state index in [0.29, 0.717) is 0 Å². The second-order valence-corrected chi connectivity index (χ2v) is 6.50. The number of hydrogen-bond donors (Lipinski definition) is 2. The molecule has 2 heteroatoms. The van der Waals surface area contributed by atoms with Crippen LogP contribution in [-0.4, -0.2) is 23.4 Å². The van der Waals surface area contributed by atoms with Crippen LogP contribution in [0.4, 0.5) is 0 Å². The maximum absolute atomic E-state index is 9.49. The van der Waals surface area contributed by atoms with Crippen LogP contribution in [0.1, 0.15) is 97.3 Å². The Labute approximate surface area is 127 Å². The molecule has 0 radical (unpaired) electrons. The third kappa shape index (κ3) is 9.77. The van der Waals surface area contributed by atoms with E-state index in [4.69, 9.17) is 0 Å². The molecule has 20 heavy (non-hydrogen) atoms. The smallest absolute Gasteiger partial charge is 0.0509 e. The summed E-state index contributed by atoms with van der Waals surface area (Å²) < 4.78 is 0. The van der Waals surface area contributed by atoms with Crippen molar-refractivity contribution in [2.45, 2.75) is 97.3 Å². The highest BCUT2D eigenvalue weighted by molar-refractivity contribution is 4.77. The number of unbranched alkanes of at least 4 members (excludes halogenated alkanes) is 9. The second-order valence-electron chi connectivity index (χ2n) is 6.50. The molecule has 0 unspecified atom stereocenters. The van der Waals surface area contributed by atoms with Gasteiger partial charge in [0.2, 0.25) is 0 Å². The van der Waals surface area contributed by atoms with Gasteiger partial charge < -0.3 is 10.2 Å². The lowest BCUT2D eigenvalue weighted by Crippen LogP contribution is -2.29. The highest BCUT2D eigenvalue weighted by atomic mass is 16.3. The Balaban J connectivity index is 3.45. The van der Waals surface area contributed by atoms with Crippen molar-refractivity contribution in [1.82, 2.24) is 0 Å². The van der Waals surface area contributed by atoms with E-state index >= 15 is 0 Å². The normalized spacial score (nSPS) is 12.0. The summed E-state index contributed by atoms with van der Waals surface area (Å²) in [6, 6.07) is 0. The molecule has 0 aliphatic rings. The third-order valence-electron chi connectivity index (χ3n) is 4.51. The molecule has 0 aliphatic heterocycles. The average molecular weight is 286 g/mol. The molecule has 0 atom stereocenters. The van der Waals surface area contributed by atoms with Crippen LogP contribution in [0.5, 0.6) is 0 Å². The van der Waals surface area contributed by atoms with Gasteiger partial charge in [-0.1, -0.05) is 84.5 Å². The first-order valence-electron chi connectivity index (χ1n) is 8.96. The van der Waals surface area contributed by atoms with Crippen LogP contribution < -0.4 is 0 Å². The Morgan fingerprint density at radius 3 is 1.40 bits per heavy atom. The highest BCUT2D eigenvalue weighted by Gasteiger charge is 2.26. The first-order chi connectivity index (χ1) is 9.74. The molecule has 0 rings (SSSR count). The Morgan fingerprint density at radius 1 is 0.550 bits per heavy atom. The van der Waals surface area contributed by atoms with Gasteiger partial charge in [0.05, 0.1) is 13.2 Å². The Morgan fingerprint density at radius 2 is 1.00 bits per heavy atom. The van der Waals surface area contributed by atoms with Crippen molar-refractivity contribution in [3.05, 3.63) is 0 Å². The van der Waals surface area contributed by atoms with Gasteiger partial charge in [0.1, 0.15) is 0 Å². The fraction of sp³-hybridized carbons (Fsp3) is 1.00. The summed E-state index contributed by atoms with van der Waals surface area (Å²) in [7, 11) is 0. The molecule has 0 heterocycles. The van der Waals surface area contributed by atoms with Crippen molar-refractivity contribution in [2.75, 3.05) is 13.2 Å². The molecule has 0 fully saturated rings.